The fourth-order valence-electron chi connectivity index (χ4n) is 1.91. The Morgan fingerprint density at radius 1 is 1.32 bits per heavy atom. The molecule has 19 heavy (non-hydrogen) atoms. The van der Waals surface area contributed by atoms with Crippen LogP contribution >= 0.6 is 0 Å². The van der Waals surface area contributed by atoms with Gasteiger partial charge in [0.05, 0.1) is 19.5 Å². The van der Waals surface area contributed by atoms with Crippen LogP contribution in [0.1, 0.15) is 11.6 Å². The second-order valence-corrected chi connectivity index (χ2v) is 4.19. The molecule has 2 rings (SSSR count). The van der Waals surface area contributed by atoms with Crippen molar-refractivity contribution in [3.8, 4) is 5.75 Å². The van der Waals surface area contributed by atoms with Crippen molar-refractivity contribution >= 4 is 0 Å². The number of nitrogens with zero attached hydrogens (tertiary/aromatic N) is 2. The maximum atomic E-state index is 11.7. The normalized spacial score (nSPS) is 12.1. The van der Waals surface area contributed by atoms with Gasteiger partial charge in [-0.2, -0.15) is 0 Å². The molecule has 0 spiro atoms. The van der Waals surface area contributed by atoms with Crippen molar-refractivity contribution in [3.63, 3.8) is 0 Å². The highest BCUT2D eigenvalue weighted by molar-refractivity contribution is 5.29. The maximum Gasteiger partial charge on any atom is 0.253 e. The number of hydrogen-bond acceptors (Lipinski definition) is 4. The molecule has 0 aliphatic heterocycles. The molecule has 1 aromatic heterocycles. The van der Waals surface area contributed by atoms with Crippen LogP contribution in [0.25, 0.3) is 0 Å². The monoisotopic (exact) mass is 259 g/mol. The van der Waals surface area contributed by atoms with Crippen LogP contribution in [0.5, 0.6) is 5.75 Å². The Bertz CT molecular complexity index is 578. The van der Waals surface area contributed by atoms with Gasteiger partial charge in [0.2, 0.25) is 0 Å². The number of rotatable bonds is 5. The first-order chi connectivity index (χ1) is 9.24. The molecule has 0 saturated heterocycles. The summed E-state index contributed by atoms with van der Waals surface area (Å²) in [5.74, 6) is 0.817. The molecule has 1 atom stereocenters. The van der Waals surface area contributed by atoms with Gasteiger partial charge in [-0.25, -0.2) is 4.98 Å². The van der Waals surface area contributed by atoms with Gasteiger partial charge in [-0.1, -0.05) is 12.1 Å². The molecule has 5 nitrogen and oxygen atoms in total. The van der Waals surface area contributed by atoms with E-state index in [-0.39, 0.29) is 11.6 Å². The van der Waals surface area contributed by atoms with E-state index in [0.29, 0.717) is 6.54 Å². The molecule has 0 radical (unpaired) electrons. The second-order valence-electron chi connectivity index (χ2n) is 4.19. The Kier molecular flexibility index (Phi) is 4.30. The molecule has 1 N–H and O–H groups in total. The third kappa shape index (κ3) is 3.20. The standard InChI is InChI=1S/C14H17N3O2/c1-15-13(9-17-10-16-8-7-14(17)18)11-3-5-12(19-2)6-4-11/h3-8,10,13,15H,9H2,1-2H3. The minimum atomic E-state index is -0.0521. The van der Waals surface area contributed by atoms with Gasteiger partial charge >= 0.3 is 0 Å². The number of aromatic nitrogens is 2. The minimum Gasteiger partial charge on any atom is -0.497 e. The van der Waals surface area contributed by atoms with Crippen LogP contribution < -0.4 is 15.6 Å². The van der Waals surface area contributed by atoms with Gasteiger partial charge in [-0.15, -0.1) is 0 Å². The number of benzene rings is 1. The highest BCUT2D eigenvalue weighted by Crippen LogP contribution is 2.18. The molecule has 1 aromatic carbocycles. The zero-order valence-electron chi connectivity index (χ0n) is 11.0. The quantitative estimate of drug-likeness (QED) is 0.877. The lowest BCUT2D eigenvalue weighted by molar-refractivity contribution is 0.414. The zero-order chi connectivity index (χ0) is 13.7. The summed E-state index contributed by atoms with van der Waals surface area (Å²) in [5, 5.41) is 3.20. The van der Waals surface area contributed by atoms with Crippen LogP contribution in [-0.4, -0.2) is 23.7 Å². The van der Waals surface area contributed by atoms with E-state index < -0.39 is 0 Å². The highest BCUT2D eigenvalue weighted by atomic mass is 16.5. The van der Waals surface area contributed by atoms with Crippen molar-refractivity contribution in [2.45, 2.75) is 12.6 Å². The molecule has 5 heteroatoms. The summed E-state index contributed by atoms with van der Waals surface area (Å²) in [6.45, 7) is 0.537. The SMILES string of the molecule is CNC(Cn1cnccc1=O)c1ccc(OC)cc1. The molecule has 1 heterocycles. The minimum absolute atomic E-state index is 0.0489. The van der Waals surface area contributed by atoms with Crippen molar-refractivity contribution in [2.75, 3.05) is 14.2 Å². The van der Waals surface area contributed by atoms with Gasteiger partial charge in [-0.05, 0) is 24.7 Å². The van der Waals surface area contributed by atoms with E-state index in [1.807, 2.05) is 31.3 Å². The van der Waals surface area contributed by atoms with E-state index in [2.05, 4.69) is 10.3 Å². The molecule has 0 aliphatic rings. The number of methoxy groups -OCH3 is 1. The van der Waals surface area contributed by atoms with E-state index in [1.54, 1.807) is 18.0 Å². The summed E-state index contributed by atoms with van der Waals surface area (Å²) in [7, 11) is 3.51. The first-order valence-electron chi connectivity index (χ1n) is 6.06. The Morgan fingerprint density at radius 2 is 2.05 bits per heavy atom. The molecule has 100 valence electrons. The summed E-state index contributed by atoms with van der Waals surface area (Å²) in [5.41, 5.74) is 1.04. The second kappa shape index (κ2) is 6.15. The van der Waals surface area contributed by atoms with Crippen LogP contribution in [0.4, 0.5) is 0 Å². The molecule has 0 fully saturated rings. The first-order valence-corrected chi connectivity index (χ1v) is 6.06. The van der Waals surface area contributed by atoms with Crippen LogP contribution in [0.2, 0.25) is 0 Å². The van der Waals surface area contributed by atoms with Crippen molar-refractivity contribution in [1.82, 2.24) is 14.9 Å². The molecule has 0 aliphatic carbocycles. The lowest BCUT2D eigenvalue weighted by Crippen LogP contribution is -2.28. The summed E-state index contributed by atoms with van der Waals surface area (Å²) in [6.07, 6.45) is 3.05. The highest BCUT2D eigenvalue weighted by Gasteiger charge is 2.10. The van der Waals surface area contributed by atoms with Crippen molar-refractivity contribution in [2.24, 2.45) is 0 Å². The van der Waals surface area contributed by atoms with E-state index in [9.17, 15) is 4.79 Å². The average Bonchev–Trinajstić information content (AvgIpc) is 2.47. The number of ether oxygens (including phenoxy) is 1. The summed E-state index contributed by atoms with van der Waals surface area (Å²) in [6, 6.07) is 9.30. The van der Waals surface area contributed by atoms with Gasteiger partial charge in [0.1, 0.15) is 5.75 Å². The third-order valence-electron chi connectivity index (χ3n) is 3.04. The molecule has 0 amide bonds. The number of hydrogen-bond donors (Lipinski definition) is 1. The third-order valence-corrected chi connectivity index (χ3v) is 3.04. The Balaban J connectivity index is 2.20. The van der Waals surface area contributed by atoms with Crippen LogP contribution in [0.3, 0.4) is 0 Å². The van der Waals surface area contributed by atoms with Crippen LogP contribution in [-0.2, 0) is 6.54 Å². The van der Waals surface area contributed by atoms with Crippen molar-refractivity contribution in [3.05, 3.63) is 58.8 Å². The van der Waals surface area contributed by atoms with Crippen molar-refractivity contribution in [1.29, 1.82) is 0 Å². The molecule has 2 aromatic rings. The zero-order valence-corrected chi connectivity index (χ0v) is 11.0. The van der Waals surface area contributed by atoms with E-state index in [4.69, 9.17) is 4.74 Å². The van der Waals surface area contributed by atoms with Crippen LogP contribution in [0, 0.1) is 0 Å². The van der Waals surface area contributed by atoms with Gasteiger partial charge in [0.15, 0.2) is 0 Å². The lowest BCUT2D eigenvalue weighted by Gasteiger charge is -2.18. The maximum absolute atomic E-state index is 11.7. The summed E-state index contributed by atoms with van der Waals surface area (Å²) < 4.78 is 6.72. The number of likely N-dealkylation sites (N-methyl/N-ethyl adjacent to an activating group) is 1. The summed E-state index contributed by atoms with van der Waals surface area (Å²) in [4.78, 5) is 15.6. The molecule has 0 saturated carbocycles. The van der Waals surface area contributed by atoms with E-state index >= 15 is 0 Å². The first kappa shape index (κ1) is 13.3. The lowest BCUT2D eigenvalue weighted by atomic mass is 10.1. The largest absolute Gasteiger partial charge is 0.497 e. The smallest absolute Gasteiger partial charge is 0.253 e. The topological polar surface area (TPSA) is 56.2 Å². The fraction of sp³-hybridized carbons (Fsp3) is 0.286. The Hall–Kier alpha value is -2.14. The average molecular weight is 259 g/mol. The Morgan fingerprint density at radius 3 is 2.63 bits per heavy atom. The van der Waals surface area contributed by atoms with Gasteiger partial charge in [-0.3, -0.25) is 9.36 Å². The molecular formula is C14H17N3O2. The predicted octanol–water partition coefficient (Wildman–Crippen LogP) is 1.21. The number of nitrogens with one attached hydrogen (secondary N) is 1. The van der Waals surface area contributed by atoms with Crippen molar-refractivity contribution < 1.29 is 4.74 Å². The summed E-state index contributed by atoms with van der Waals surface area (Å²) >= 11 is 0. The van der Waals surface area contributed by atoms with Gasteiger partial charge < -0.3 is 10.1 Å². The molecular weight excluding hydrogens is 242 g/mol. The molecule has 0 bridgehead atoms. The Labute approximate surface area is 111 Å². The van der Waals surface area contributed by atoms with Crippen LogP contribution in [0.15, 0.2) is 47.7 Å². The molecule has 1 unspecified atom stereocenters. The van der Waals surface area contributed by atoms with E-state index in [0.717, 1.165) is 11.3 Å². The predicted molar refractivity (Wildman–Crippen MR) is 73.3 cm³/mol. The van der Waals surface area contributed by atoms with E-state index in [1.165, 1.54) is 12.3 Å². The fourth-order valence-corrected chi connectivity index (χ4v) is 1.91. The van der Waals surface area contributed by atoms with Gasteiger partial charge in [0.25, 0.3) is 5.56 Å². The van der Waals surface area contributed by atoms with Gasteiger partial charge in [0, 0.05) is 18.8 Å².